The lowest BCUT2D eigenvalue weighted by atomic mass is 10.2. The first-order chi connectivity index (χ1) is 9.08. The zero-order valence-corrected chi connectivity index (χ0v) is 12.5. The van der Waals surface area contributed by atoms with Crippen molar-refractivity contribution in [1.29, 1.82) is 0 Å². The van der Waals surface area contributed by atoms with Crippen molar-refractivity contribution in [2.45, 2.75) is 6.54 Å². The molecule has 100 valence electrons. The van der Waals surface area contributed by atoms with Gasteiger partial charge >= 0.3 is 0 Å². The zero-order chi connectivity index (χ0) is 13.8. The van der Waals surface area contributed by atoms with Crippen LogP contribution in [0.3, 0.4) is 0 Å². The van der Waals surface area contributed by atoms with Crippen molar-refractivity contribution >= 4 is 33.5 Å². The molecule has 0 fully saturated rings. The van der Waals surface area contributed by atoms with E-state index in [1.54, 1.807) is 7.05 Å². The molecule has 3 N–H and O–H groups in total. The smallest absolute Gasteiger partial charge is 0.223 e. The number of nitrogens with zero attached hydrogens (tertiary/aromatic N) is 3. The Morgan fingerprint density at radius 2 is 1.95 bits per heavy atom. The van der Waals surface area contributed by atoms with E-state index in [1.807, 2.05) is 30.1 Å². The van der Waals surface area contributed by atoms with E-state index in [0.29, 0.717) is 5.82 Å². The molecule has 0 aliphatic heterocycles. The molecule has 1 aromatic carbocycles. The summed E-state index contributed by atoms with van der Waals surface area (Å²) in [6.45, 7) is 0.757. The second kappa shape index (κ2) is 5.88. The van der Waals surface area contributed by atoms with Gasteiger partial charge in [0.2, 0.25) is 5.95 Å². The Bertz CT molecular complexity index is 555. The summed E-state index contributed by atoms with van der Waals surface area (Å²) in [5.41, 5.74) is 6.89. The van der Waals surface area contributed by atoms with Crippen LogP contribution in [0.1, 0.15) is 5.56 Å². The maximum atomic E-state index is 5.69. The summed E-state index contributed by atoms with van der Waals surface area (Å²) in [7, 11) is 3.78. The largest absolute Gasteiger partial charge is 0.373 e. The van der Waals surface area contributed by atoms with Crippen molar-refractivity contribution in [3.8, 4) is 0 Å². The van der Waals surface area contributed by atoms with Crippen LogP contribution in [0.4, 0.5) is 17.6 Å². The van der Waals surface area contributed by atoms with Crippen molar-refractivity contribution in [2.75, 3.05) is 30.0 Å². The summed E-state index contributed by atoms with van der Waals surface area (Å²) in [6.07, 6.45) is 0. The SMILES string of the molecule is CNc1cc(N(C)Cc2ccc(Br)cc2)nc(N)n1. The number of nitrogens with two attached hydrogens (primary N) is 1. The van der Waals surface area contributed by atoms with E-state index in [0.717, 1.165) is 16.8 Å². The van der Waals surface area contributed by atoms with Gasteiger partial charge in [0.05, 0.1) is 0 Å². The zero-order valence-electron chi connectivity index (χ0n) is 10.9. The maximum absolute atomic E-state index is 5.69. The number of nitrogen functional groups attached to an aromatic ring is 1. The van der Waals surface area contributed by atoms with E-state index in [9.17, 15) is 0 Å². The summed E-state index contributed by atoms with van der Waals surface area (Å²) in [6, 6.07) is 10.1. The van der Waals surface area contributed by atoms with E-state index in [1.165, 1.54) is 5.56 Å². The first-order valence-corrected chi connectivity index (χ1v) is 6.65. The minimum atomic E-state index is 0.268. The van der Waals surface area contributed by atoms with Gasteiger partial charge in [-0.05, 0) is 17.7 Å². The molecule has 6 heteroatoms. The second-order valence-corrected chi connectivity index (χ2v) is 5.12. The molecule has 0 aliphatic rings. The van der Waals surface area contributed by atoms with Gasteiger partial charge in [-0.15, -0.1) is 0 Å². The Morgan fingerprint density at radius 3 is 2.58 bits per heavy atom. The molecule has 0 saturated carbocycles. The van der Waals surface area contributed by atoms with Gasteiger partial charge < -0.3 is 16.0 Å². The van der Waals surface area contributed by atoms with Gasteiger partial charge in [0, 0.05) is 31.2 Å². The fraction of sp³-hybridized carbons (Fsp3) is 0.231. The normalized spacial score (nSPS) is 10.3. The number of anilines is 3. The van der Waals surface area contributed by atoms with Crippen molar-refractivity contribution in [2.24, 2.45) is 0 Å². The molecule has 5 nitrogen and oxygen atoms in total. The van der Waals surface area contributed by atoms with E-state index < -0.39 is 0 Å². The quantitative estimate of drug-likeness (QED) is 0.905. The highest BCUT2D eigenvalue weighted by atomic mass is 79.9. The topological polar surface area (TPSA) is 67.1 Å². The van der Waals surface area contributed by atoms with Gasteiger partial charge in [0.15, 0.2) is 0 Å². The van der Waals surface area contributed by atoms with Gasteiger partial charge in [-0.2, -0.15) is 9.97 Å². The van der Waals surface area contributed by atoms with Crippen LogP contribution in [0.15, 0.2) is 34.8 Å². The highest BCUT2D eigenvalue weighted by Gasteiger charge is 2.07. The van der Waals surface area contributed by atoms with Crippen LogP contribution in [0.25, 0.3) is 0 Å². The first-order valence-electron chi connectivity index (χ1n) is 5.86. The third-order valence-electron chi connectivity index (χ3n) is 2.71. The summed E-state index contributed by atoms with van der Waals surface area (Å²) in [5.74, 6) is 1.77. The number of hydrogen-bond donors (Lipinski definition) is 2. The summed E-state index contributed by atoms with van der Waals surface area (Å²) in [4.78, 5) is 10.3. The predicted octanol–water partition coefficient (Wildman–Crippen LogP) is 2.50. The summed E-state index contributed by atoms with van der Waals surface area (Å²) >= 11 is 3.43. The van der Waals surface area contributed by atoms with Crippen LogP contribution >= 0.6 is 15.9 Å². The summed E-state index contributed by atoms with van der Waals surface area (Å²) < 4.78 is 1.07. The number of rotatable bonds is 4. The van der Waals surface area contributed by atoms with Gasteiger partial charge in [-0.3, -0.25) is 0 Å². The molecule has 0 radical (unpaired) electrons. The third-order valence-corrected chi connectivity index (χ3v) is 3.24. The lowest BCUT2D eigenvalue weighted by Crippen LogP contribution is -2.18. The molecule has 1 heterocycles. The van der Waals surface area contributed by atoms with Crippen LogP contribution in [-0.4, -0.2) is 24.1 Å². The molecular formula is C13H16BrN5. The molecule has 0 spiro atoms. The average Bonchev–Trinajstić information content (AvgIpc) is 2.40. The monoisotopic (exact) mass is 321 g/mol. The van der Waals surface area contributed by atoms with Crippen molar-refractivity contribution in [3.05, 3.63) is 40.4 Å². The van der Waals surface area contributed by atoms with Crippen LogP contribution in [-0.2, 0) is 6.54 Å². The Balaban J connectivity index is 2.17. The Kier molecular flexibility index (Phi) is 4.21. The van der Waals surface area contributed by atoms with Crippen molar-refractivity contribution in [3.63, 3.8) is 0 Å². The molecule has 19 heavy (non-hydrogen) atoms. The lowest BCUT2D eigenvalue weighted by Gasteiger charge is -2.19. The molecule has 0 atom stereocenters. The van der Waals surface area contributed by atoms with Gasteiger partial charge in [0.1, 0.15) is 11.6 Å². The molecule has 2 aromatic rings. The molecule has 0 bridgehead atoms. The number of aromatic nitrogens is 2. The number of halogens is 1. The van der Waals surface area contributed by atoms with E-state index in [4.69, 9.17) is 5.73 Å². The first kappa shape index (κ1) is 13.6. The average molecular weight is 322 g/mol. The van der Waals surface area contributed by atoms with Crippen molar-refractivity contribution in [1.82, 2.24) is 9.97 Å². The predicted molar refractivity (Wildman–Crippen MR) is 82.2 cm³/mol. The fourth-order valence-corrected chi connectivity index (χ4v) is 1.99. The van der Waals surface area contributed by atoms with Crippen molar-refractivity contribution < 1.29 is 0 Å². The number of benzene rings is 1. The second-order valence-electron chi connectivity index (χ2n) is 4.20. The Morgan fingerprint density at radius 1 is 1.26 bits per heavy atom. The van der Waals surface area contributed by atoms with Gasteiger partial charge in [-0.1, -0.05) is 28.1 Å². The van der Waals surface area contributed by atoms with Gasteiger partial charge in [0.25, 0.3) is 0 Å². The number of hydrogen-bond acceptors (Lipinski definition) is 5. The molecular weight excluding hydrogens is 306 g/mol. The molecule has 2 rings (SSSR count). The Labute approximate surface area is 121 Å². The molecule has 0 amide bonds. The fourth-order valence-electron chi connectivity index (χ4n) is 1.72. The van der Waals surface area contributed by atoms with Gasteiger partial charge in [-0.25, -0.2) is 0 Å². The number of nitrogens with one attached hydrogen (secondary N) is 1. The third kappa shape index (κ3) is 3.57. The lowest BCUT2D eigenvalue weighted by molar-refractivity contribution is 0.894. The van der Waals surface area contributed by atoms with E-state index in [-0.39, 0.29) is 5.95 Å². The Hall–Kier alpha value is -1.82. The van der Waals surface area contributed by atoms with Crippen LogP contribution < -0.4 is 16.0 Å². The van der Waals surface area contributed by atoms with E-state index >= 15 is 0 Å². The minimum absolute atomic E-state index is 0.268. The van der Waals surface area contributed by atoms with Crippen LogP contribution in [0.2, 0.25) is 0 Å². The maximum Gasteiger partial charge on any atom is 0.223 e. The highest BCUT2D eigenvalue weighted by molar-refractivity contribution is 9.10. The molecule has 1 aromatic heterocycles. The van der Waals surface area contributed by atoms with Crippen LogP contribution in [0, 0.1) is 0 Å². The van der Waals surface area contributed by atoms with E-state index in [2.05, 4.69) is 43.3 Å². The highest BCUT2D eigenvalue weighted by Crippen LogP contribution is 2.18. The summed E-state index contributed by atoms with van der Waals surface area (Å²) in [5, 5.41) is 2.97. The molecule has 0 aliphatic carbocycles. The minimum Gasteiger partial charge on any atom is -0.373 e. The molecule has 0 unspecified atom stereocenters. The van der Waals surface area contributed by atoms with Crippen LogP contribution in [0.5, 0.6) is 0 Å². The standard InChI is InChI=1S/C13H16BrN5/c1-16-11-7-12(18-13(15)17-11)19(2)8-9-3-5-10(14)6-4-9/h3-7H,8H2,1-2H3,(H3,15,16,17,18). The molecule has 0 saturated heterocycles.